The third kappa shape index (κ3) is 2.41. The summed E-state index contributed by atoms with van der Waals surface area (Å²) in [7, 11) is 1.61. The maximum Gasteiger partial charge on any atom is 0.195 e. The SMILES string of the molecule is COc1ccc2[nH]cc(C(=O)c3cc(Cl)ccc3C)c2c1. The van der Waals surface area contributed by atoms with Gasteiger partial charge < -0.3 is 9.72 Å². The fourth-order valence-corrected chi connectivity index (χ4v) is 2.57. The van der Waals surface area contributed by atoms with E-state index in [0.29, 0.717) is 16.1 Å². The van der Waals surface area contributed by atoms with Crippen molar-refractivity contribution in [2.45, 2.75) is 6.92 Å². The van der Waals surface area contributed by atoms with Gasteiger partial charge in [-0.1, -0.05) is 17.7 Å². The van der Waals surface area contributed by atoms with Crippen LogP contribution in [0.2, 0.25) is 5.02 Å². The molecule has 0 amide bonds. The summed E-state index contributed by atoms with van der Waals surface area (Å²) in [6.07, 6.45) is 1.73. The summed E-state index contributed by atoms with van der Waals surface area (Å²) in [5.41, 5.74) is 3.04. The van der Waals surface area contributed by atoms with Gasteiger partial charge in [-0.05, 0) is 42.8 Å². The van der Waals surface area contributed by atoms with Crippen molar-refractivity contribution in [3.05, 3.63) is 64.3 Å². The molecule has 3 aromatic rings. The molecular formula is C17H14ClNO2. The van der Waals surface area contributed by atoms with Crippen molar-refractivity contribution in [2.75, 3.05) is 7.11 Å². The Morgan fingerprint density at radius 2 is 1.95 bits per heavy atom. The minimum Gasteiger partial charge on any atom is -0.497 e. The summed E-state index contributed by atoms with van der Waals surface area (Å²) >= 11 is 6.01. The fraction of sp³-hybridized carbons (Fsp3) is 0.118. The summed E-state index contributed by atoms with van der Waals surface area (Å²) in [4.78, 5) is 15.9. The average Bonchev–Trinajstić information content (AvgIpc) is 2.91. The molecule has 0 fully saturated rings. The topological polar surface area (TPSA) is 42.1 Å². The maximum absolute atomic E-state index is 12.8. The van der Waals surface area contributed by atoms with Crippen LogP contribution in [0.5, 0.6) is 5.75 Å². The number of aromatic amines is 1. The van der Waals surface area contributed by atoms with E-state index in [0.717, 1.165) is 22.2 Å². The van der Waals surface area contributed by atoms with Gasteiger partial charge in [0, 0.05) is 33.2 Å². The minimum atomic E-state index is -0.0468. The van der Waals surface area contributed by atoms with Crippen LogP contribution >= 0.6 is 11.6 Å². The Labute approximate surface area is 127 Å². The predicted octanol–water partition coefficient (Wildman–Crippen LogP) is 4.37. The second-order valence-electron chi connectivity index (χ2n) is 4.90. The second kappa shape index (κ2) is 5.26. The van der Waals surface area contributed by atoms with Crippen molar-refractivity contribution < 1.29 is 9.53 Å². The van der Waals surface area contributed by atoms with Crippen LogP contribution in [0.15, 0.2) is 42.6 Å². The highest BCUT2D eigenvalue weighted by Gasteiger charge is 2.17. The Morgan fingerprint density at radius 3 is 2.71 bits per heavy atom. The van der Waals surface area contributed by atoms with Gasteiger partial charge in [-0.2, -0.15) is 0 Å². The Hall–Kier alpha value is -2.26. The first-order chi connectivity index (χ1) is 10.1. The Balaban J connectivity index is 2.15. The molecule has 3 rings (SSSR count). The van der Waals surface area contributed by atoms with Gasteiger partial charge in [0.2, 0.25) is 0 Å². The van der Waals surface area contributed by atoms with E-state index in [4.69, 9.17) is 16.3 Å². The number of fused-ring (bicyclic) bond motifs is 1. The third-order valence-electron chi connectivity index (χ3n) is 3.58. The largest absolute Gasteiger partial charge is 0.497 e. The van der Waals surface area contributed by atoms with Gasteiger partial charge in [-0.3, -0.25) is 4.79 Å². The van der Waals surface area contributed by atoms with Crippen LogP contribution in [-0.4, -0.2) is 17.9 Å². The summed E-state index contributed by atoms with van der Waals surface area (Å²) < 4.78 is 5.23. The van der Waals surface area contributed by atoms with Crippen molar-refractivity contribution in [2.24, 2.45) is 0 Å². The van der Waals surface area contributed by atoms with E-state index in [2.05, 4.69) is 4.98 Å². The Morgan fingerprint density at radius 1 is 1.14 bits per heavy atom. The number of halogens is 1. The molecule has 0 aliphatic heterocycles. The molecular weight excluding hydrogens is 286 g/mol. The molecule has 106 valence electrons. The molecule has 21 heavy (non-hydrogen) atoms. The number of ether oxygens (including phenoxy) is 1. The molecule has 0 bridgehead atoms. The molecule has 4 heteroatoms. The highest BCUT2D eigenvalue weighted by atomic mass is 35.5. The van der Waals surface area contributed by atoms with E-state index < -0.39 is 0 Å². The van der Waals surface area contributed by atoms with Gasteiger partial charge in [0.1, 0.15) is 5.75 Å². The molecule has 0 aliphatic carbocycles. The van der Waals surface area contributed by atoms with Crippen molar-refractivity contribution in [3.63, 3.8) is 0 Å². The van der Waals surface area contributed by atoms with Gasteiger partial charge in [0.15, 0.2) is 5.78 Å². The molecule has 0 radical (unpaired) electrons. The standard InChI is InChI=1S/C17H14ClNO2/c1-10-3-4-11(18)7-13(10)17(20)15-9-19-16-6-5-12(21-2)8-14(15)16/h3-9,19H,1-2H3. The Kier molecular flexibility index (Phi) is 3.43. The van der Waals surface area contributed by atoms with Crippen molar-refractivity contribution in [3.8, 4) is 5.75 Å². The van der Waals surface area contributed by atoms with Crippen LogP contribution < -0.4 is 4.74 Å². The summed E-state index contributed by atoms with van der Waals surface area (Å²) in [5, 5.41) is 1.40. The minimum absolute atomic E-state index is 0.0468. The molecule has 0 unspecified atom stereocenters. The number of hydrogen-bond acceptors (Lipinski definition) is 2. The lowest BCUT2D eigenvalue weighted by molar-refractivity contribution is 0.104. The normalized spacial score (nSPS) is 10.8. The van der Waals surface area contributed by atoms with Gasteiger partial charge in [0.25, 0.3) is 0 Å². The zero-order valence-electron chi connectivity index (χ0n) is 11.7. The zero-order valence-corrected chi connectivity index (χ0v) is 12.5. The first-order valence-corrected chi connectivity index (χ1v) is 6.94. The molecule has 0 spiro atoms. The number of carbonyl (C=O) groups is 1. The van der Waals surface area contributed by atoms with Crippen LogP contribution in [0.1, 0.15) is 21.5 Å². The molecule has 0 aliphatic rings. The van der Waals surface area contributed by atoms with E-state index in [1.54, 1.807) is 25.4 Å². The van der Waals surface area contributed by atoms with Crippen LogP contribution in [0.3, 0.4) is 0 Å². The van der Waals surface area contributed by atoms with E-state index in [1.807, 2.05) is 31.2 Å². The molecule has 0 atom stereocenters. The van der Waals surface area contributed by atoms with Crippen LogP contribution in [0.25, 0.3) is 10.9 Å². The van der Waals surface area contributed by atoms with Crippen molar-refractivity contribution >= 4 is 28.3 Å². The van der Waals surface area contributed by atoms with Crippen LogP contribution in [-0.2, 0) is 0 Å². The average molecular weight is 300 g/mol. The highest BCUT2D eigenvalue weighted by Crippen LogP contribution is 2.27. The van der Waals surface area contributed by atoms with E-state index in [9.17, 15) is 4.79 Å². The number of aryl methyl sites for hydroxylation is 1. The van der Waals surface area contributed by atoms with E-state index in [-0.39, 0.29) is 5.78 Å². The first-order valence-electron chi connectivity index (χ1n) is 6.56. The quantitative estimate of drug-likeness (QED) is 0.730. The number of ketones is 1. The van der Waals surface area contributed by atoms with Crippen LogP contribution in [0, 0.1) is 6.92 Å². The monoisotopic (exact) mass is 299 g/mol. The molecule has 0 saturated heterocycles. The summed E-state index contributed by atoms with van der Waals surface area (Å²) in [6, 6.07) is 11.0. The lowest BCUT2D eigenvalue weighted by Crippen LogP contribution is -2.03. The van der Waals surface area contributed by atoms with Gasteiger partial charge >= 0.3 is 0 Å². The number of nitrogens with one attached hydrogen (secondary N) is 1. The number of rotatable bonds is 3. The molecule has 3 nitrogen and oxygen atoms in total. The molecule has 1 N–H and O–H groups in total. The lowest BCUT2D eigenvalue weighted by Gasteiger charge is -2.05. The predicted molar refractivity (Wildman–Crippen MR) is 84.5 cm³/mol. The lowest BCUT2D eigenvalue weighted by atomic mass is 9.99. The number of aromatic nitrogens is 1. The smallest absolute Gasteiger partial charge is 0.195 e. The molecule has 0 saturated carbocycles. The van der Waals surface area contributed by atoms with Crippen molar-refractivity contribution in [1.82, 2.24) is 4.98 Å². The number of carbonyl (C=O) groups excluding carboxylic acids is 1. The van der Waals surface area contributed by atoms with E-state index >= 15 is 0 Å². The summed E-state index contributed by atoms with van der Waals surface area (Å²) in [6.45, 7) is 1.90. The zero-order chi connectivity index (χ0) is 15.0. The van der Waals surface area contributed by atoms with Crippen LogP contribution in [0.4, 0.5) is 0 Å². The van der Waals surface area contributed by atoms with Crippen molar-refractivity contribution in [1.29, 1.82) is 0 Å². The Bertz CT molecular complexity index is 836. The number of methoxy groups -OCH3 is 1. The fourth-order valence-electron chi connectivity index (χ4n) is 2.40. The third-order valence-corrected chi connectivity index (χ3v) is 3.81. The van der Waals surface area contributed by atoms with E-state index in [1.165, 1.54) is 0 Å². The van der Waals surface area contributed by atoms with Gasteiger partial charge in [-0.15, -0.1) is 0 Å². The van der Waals surface area contributed by atoms with Gasteiger partial charge in [-0.25, -0.2) is 0 Å². The number of benzene rings is 2. The summed E-state index contributed by atoms with van der Waals surface area (Å²) in [5.74, 6) is 0.675. The van der Waals surface area contributed by atoms with Gasteiger partial charge in [0.05, 0.1) is 7.11 Å². The number of H-pyrrole nitrogens is 1. The highest BCUT2D eigenvalue weighted by molar-refractivity contribution is 6.31. The molecule has 1 aromatic heterocycles. The molecule has 2 aromatic carbocycles. The first kappa shape index (κ1) is 13.7. The second-order valence-corrected chi connectivity index (χ2v) is 5.34. The molecule has 1 heterocycles. The maximum atomic E-state index is 12.8. The number of hydrogen-bond donors (Lipinski definition) is 1.